The van der Waals surface area contributed by atoms with Gasteiger partial charge in [-0.15, -0.1) is 0 Å². The number of para-hydroxylation sites is 2. The molecule has 2 aromatic rings. The molecule has 7 nitrogen and oxygen atoms in total. The number of anilines is 1. The number of nitrogens with one attached hydrogen (secondary N) is 2. The summed E-state index contributed by atoms with van der Waals surface area (Å²) >= 11 is 0. The Labute approximate surface area is 124 Å². The van der Waals surface area contributed by atoms with Crippen LogP contribution in [0.4, 0.5) is 5.69 Å². The number of nitrogens with zero attached hydrogens (tertiary/aromatic N) is 2. The van der Waals surface area contributed by atoms with Gasteiger partial charge in [-0.1, -0.05) is 12.1 Å². The lowest BCUT2D eigenvalue weighted by Gasteiger charge is -2.21. The van der Waals surface area contributed by atoms with Gasteiger partial charge in [0.15, 0.2) is 5.03 Å². The first kappa shape index (κ1) is 15.3. The van der Waals surface area contributed by atoms with Crippen LogP contribution in [0.1, 0.15) is 5.56 Å². The van der Waals surface area contributed by atoms with Crippen LogP contribution in [-0.4, -0.2) is 39.8 Å². The average Bonchev–Trinajstić information content (AvgIpc) is 2.96. The molecule has 0 amide bonds. The van der Waals surface area contributed by atoms with Gasteiger partial charge in [-0.2, -0.15) is 13.5 Å². The molecule has 8 heteroatoms. The topological polar surface area (TPSA) is 87.3 Å². The second kappa shape index (κ2) is 6.15. The number of hydrogen-bond donors (Lipinski definition) is 2. The van der Waals surface area contributed by atoms with Crippen molar-refractivity contribution in [3.8, 4) is 5.75 Å². The summed E-state index contributed by atoms with van der Waals surface area (Å²) in [6, 6.07) is 6.93. The van der Waals surface area contributed by atoms with Gasteiger partial charge in [-0.05, 0) is 19.2 Å². The van der Waals surface area contributed by atoms with Crippen LogP contribution >= 0.6 is 0 Å². The highest BCUT2D eigenvalue weighted by Gasteiger charge is 2.27. The minimum Gasteiger partial charge on any atom is -0.495 e. The van der Waals surface area contributed by atoms with Gasteiger partial charge in [0.1, 0.15) is 5.75 Å². The zero-order valence-electron chi connectivity index (χ0n) is 12.1. The third-order valence-electron chi connectivity index (χ3n) is 3.09. The highest BCUT2D eigenvalue weighted by atomic mass is 32.2. The highest BCUT2D eigenvalue weighted by molar-refractivity contribution is 7.92. The first-order valence-electron chi connectivity index (χ1n) is 6.31. The number of ether oxygens (including phenoxy) is 1. The second-order valence-corrected chi connectivity index (χ2v) is 6.31. The van der Waals surface area contributed by atoms with Crippen molar-refractivity contribution in [2.24, 2.45) is 0 Å². The normalized spacial score (nSPS) is 11.4. The van der Waals surface area contributed by atoms with Crippen LogP contribution < -0.4 is 14.4 Å². The fourth-order valence-electron chi connectivity index (χ4n) is 2.00. The molecule has 0 unspecified atom stereocenters. The number of methoxy groups -OCH3 is 1. The lowest BCUT2D eigenvalue weighted by molar-refractivity contribution is 0.416. The van der Waals surface area contributed by atoms with Crippen LogP contribution in [0.15, 0.2) is 35.5 Å². The van der Waals surface area contributed by atoms with E-state index in [1.807, 2.05) is 0 Å². The molecule has 1 aromatic heterocycles. The first-order chi connectivity index (χ1) is 10.0. The number of aromatic nitrogens is 2. The maximum Gasteiger partial charge on any atom is 0.281 e. The fourth-order valence-corrected chi connectivity index (χ4v) is 3.30. The van der Waals surface area contributed by atoms with E-state index in [0.717, 1.165) is 0 Å². The molecule has 1 aromatic carbocycles. The molecular formula is C13H18N4O3S. The quantitative estimate of drug-likeness (QED) is 0.830. The number of rotatable bonds is 6. The van der Waals surface area contributed by atoms with E-state index in [0.29, 0.717) is 23.5 Å². The van der Waals surface area contributed by atoms with Crippen LogP contribution in [0.5, 0.6) is 5.75 Å². The lowest BCUT2D eigenvalue weighted by atomic mass is 10.3. The minimum absolute atomic E-state index is 0.0743. The van der Waals surface area contributed by atoms with Gasteiger partial charge in [0.25, 0.3) is 10.0 Å². The van der Waals surface area contributed by atoms with E-state index in [1.54, 1.807) is 31.3 Å². The van der Waals surface area contributed by atoms with Gasteiger partial charge in [0, 0.05) is 19.2 Å². The molecule has 0 saturated heterocycles. The van der Waals surface area contributed by atoms with Crippen molar-refractivity contribution in [1.82, 2.24) is 15.5 Å². The smallest absolute Gasteiger partial charge is 0.281 e. The molecule has 0 bridgehead atoms. The van der Waals surface area contributed by atoms with E-state index < -0.39 is 10.0 Å². The summed E-state index contributed by atoms with van der Waals surface area (Å²) in [5, 5.41) is 9.37. The standard InChI is InChI=1S/C13H18N4O3S/c1-14-8-10-9-15-16-13(10)21(18,19)17(2)11-6-4-5-7-12(11)20-3/h4-7,9,14H,8H2,1-3H3,(H,15,16). The van der Waals surface area contributed by atoms with Gasteiger partial charge < -0.3 is 10.1 Å². The van der Waals surface area contributed by atoms with E-state index in [2.05, 4.69) is 15.5 Å². The number of benzene rings is 1. The van der Waals surface area contributed by atoms with E-state index in [9.17, 15) is 8.42 Å². The molecule has 0 fully saturated rings. The Morgan fingerprint density at radius 2 is 2.10 bits per heavy atom. The van der Waals surface area contributed by atoms with Gasteiger partial charge >= 0.3 is 0 Å². The predicted octanol–water partition coefficient (Wildman–Crippen LogP) is 0.963. The number of sulfonamides is 1. The monoisotopic (exact) mass is 310 g/mol. The molecule has 1 heterocycles. The van der Waals surface area contributed by atoms with Crippen molar-refractivity contribution in [3.05, 3.63) is 36.0 Å². The largest absolute Gasteiger partial charge is 0.495 e. The Morgan fingerprint density at radius 3 is 2.76 bits per heavy atom. The van der Waals surface area contributed by atoms with Crippen molar-refractivity contribution < 1.29 is 13.2 Å². The molecule has 2 N–H and O–H groups in total. The summed E-state index contributed by atoms with van der Waals surface area (Å²) in [6.45, 7) is 0.408. The summed E-state index contributed by atoms with van der Waals surface area (Å²) in [6.07, 6.45) is 1.50. The molecule has 0 aliphatic rings. The molecule has 0 atom stereocenters. The van der Waals surface area contributed by atoms with E-state index >= 15 is 0 Å². The SMILES string of the molecule is CNCc1cn[nH]c1S(=O)(=O)N(C)c1ccccc1OC. The molecule has 0 spiro atoms. The van der Waals surface area contributed by atoms with Crippen LogP contribution in [-0.2, 0) is 16.6 Å². The molecule has 0 saturated carbocycles. The Kier molecular flexibility index (Phi) is 4.49. The Balaban J connectivity index is 2.45. The summed E-state index contributed by atoms with van der Waals surface area (Å²) in [4.78, 5) is 0. The summed E-state index contributed by atoms with van der Waals surface area (Å²) < 4.78 is 31.8. The third-order valence-corrected chi connectivity index (χ3v) is 4.88. The van der Waals surface area contributed by atoms with Gasteiger partial charge in [-0.25, -0.2) is 0 Å². The number of aromatic amines is 1. The fraction of sp³-hybridized carbons (Fsp3) is 0.308. The molecule has 0 aliphatic heterocycles. The summed E-state index contributed by atoms with van der Waals surface area (Å²) in [7, 11) is 0.990. The van der Waals surface area contributed by atoms with Crippen molar-refractivity contribution in [2.45, 2.75) is 11.6 Å². The van der Waals surface area contributed by atoms with Crippen LogP contribution in [0.3, 0.4) is 0 Å². The maximum absolute atomic E-state index is 12.7. The molecular weight excluding hydrogens is 292 g/mol. The number of H-pyrrole nitrogens is 1. The van der Waals surface area contributed by atoms with Crippen molar-refractivity contribution in [2.75, 3.05) is 25.5 Å². The van der Waals surface area contributed by atoms with Gasteiger partial charge in [0.05, 0.1) is 19.0 Å². The van der Waals surface area contributed by atoms with E-state index in [1.165, 1.54) is 24.7 Å². The zero-order valence-corrected chi connectivity index (χ0v) is 12.9. The summed E-state index contributed by atoms with van der Waals surface area (Å²) in [5.41, 5.74) is 1.05. The van der Waals surface area contributed by atoms with Crippen molar-refractivity contribution >= 4 is 15.7 Å². The van der Waals surface area contributed by atoms with Crippen molar-refractivity contribution in [3.63, 3.8) is 0 Å². The lowest BCUT2D eigenvalue weighted by Crippen LogP contribution is -2.28. The molecule has 0 aliphatic carbocycles. The van der Waals surface area contributed by atoms with E-state index in [-0.39, 0.29) is 5.03 Å². The van der Waals surface area contributed by atoms with Crippen LogP contribution in [0.25, 0.3) is 0 Å². The van der Waals surface area contributed by atoms with Gasteiger partial charge in [0.2, 0.25) is 0 Å². The Bertz CT molecular complexity index is 712. The van der Waals surface area contributed by atoms with Crippen LogP contribution in [0, 0.1) is 0 Å². The Hall–Kier alpha value is -2.06. The second-order valence-electron chi connectivity index (χ2n) is 4.40. The third kappa shape index (κ3) is 2.86. The molecule has 2 rings (SSSR count). The molecule has 21 heavy (non-hydrogen) atoms. The first-order valence-corrected chi connectivity index (χ1v) is 7.75. The van der Waals surface area contributed by atoms with E-state index in [4.69, 9.17) is 4.74 Å². The van der Waals surface area contributed by atoms with Gasteiger partial charge in [-0.3, -0.25) is 9.40 Å². The minimum atomic E-state index is -3.74. The van der Waals surface area contributed by atoms with Crippen LogP contribution in [0.2, 0.25) is 0 Å². The number of hydrogen-bond acceptors (Lipinski definition) is 5. The maximum atomic E-state index is 12.7. The average molecular weight is 310 g/mol. The molecule has 0 radical (unpaired) electrons. The predicted molar refractivity (Wildman–Crippen MR) is 79.9 cm³/mol. The highest BCUT2D eigenvalue weighted by Crippen LogP contribution is 2.31. The zero-order chi connectivity index (χ0) is 15.5. The molecule has 114 valence electrons. The summed E-state index contributed by atoms with van der Waals surface area (Å²) in [5.74, 6) is 0.484. The van der Waals surface area contributed by atoms with Crippen molar-refractivity contribution in [1.29, 1.82) is 0 Å². The Morgan fingerprint density at radius 1 is 1.38 bits per heavy atom.